The van der Waals surface area contributed by atoms with E-state index in [4.69, 9.17) is 4.74 Å². The van der Waals surface area contributed by atoms with Crippen molar-refractivity contribution in [3.8, 4) is 10.6 Å². The van der Waals surface area contributed by atoms with Crippen molar-refractivity contribution < 1.29 is 22.1 Å². The number of hydrogen-bond acceptors (Lipinski definition) is 8. The maximum Gasteiger partial charge on any atom is 0.420 e. The van der Waals surface area contributed by atoms with Crippen LogP contribution in [0.2, 0.25) is 0 Å². The molecule has 198 valence electrons. The lowest BCUT2D eigenvalue weighted by atomic mass is 10.1. The van der Waals surface area contributed by atoms with Gasteiger partial charge in [0.1, 0.15) is 5.56 Å². The number of hydrogen-bond donors (Lipinski definition) is 2. The number of nitrogens with zero attached hydrogens (tertiary/aromatic N) is 3. The lowest BCUT2D eigenvalue weighted by Crippen LogP contribution is -2.29. The van der Waals surface area contributed by atoms with Crippen molar-refractivity contribution in [2.75, 3.05) is 42.7 Å². The Balaban J connectivity index is 1.47. The highest BCUT2D eigenvalue weighted by Crippen LogP contribution is 2.41. The fourth-order valence-electron chi connectivity index (χ4n) is 4.61. The summed E-state index contributed by atoms with van der Waals surface area (Å²) in [6.45, 7) is 4.50. The molecule has 7 nitrogen and oxygen atoms in total. The minimum atomic E-state index is -4.64. The predicted molar refractivity (Wildman–Crippen MR) is 140 cm³/mol. The molecule has 2 aliphatic heterocycles. The number of benzene rings is 1. The van der Waals surface area contributed by atoms with E-state index in [0.29, 0.717) is 33.1 Å². The molecule has 2 aromatic heterocycles. The van der Waals surface area contributed by atoms with Crippen LogP contribution in [0.25, 0.3) is 10.6 Å². The third kappa shape index (κ3) is 5.52. The van der Waals surface area contributed by atoms with Gasteiger partial charge in [0, 0.05) is 41.6 Å². The third-order valence-electron chi connectivity index (χ3n) is 6.67. The average molecular weight is 552 g/mol. The molecule has 3 aromatic rings. The Morgan fingerprint density at radius 2 is 2.14 bits per heavy atom. The second-order valence-electron chi connectivity index (χ2n) is 8.99. The summed E-state index contributed by atoms with van der Waals surface area (Å²) in [5.74, 6) is 0.386. The quantitative estimate of drug-likeness (QED) is 0.448. The largest absolute Gasteiger partial charge is 0.420 e. The third-order valence-corrected chi connectivity index (χ3v) is 9.30. The van der Waals surface area contributed by atoms with Crippen LogP contribution in [-0.2, 0) is 34.7 Å². The fraction of sp³-hybridized carbons (Fsp3) is 0.440. The van der Waals surface area contributed by atoms with E-state index in [0.717, 1.165) is 60.4 Å². The van der Waals surface area contributed by atoms with E-state index < -0.39 is 22.5 Å². The summed E-state index contributed by atoms with van der Waals surface area (Å²) < 4.78 is 59.7. The second kappa shape index (κ2) is 10.7. The Labute approximate surface area is 219 Å². The van der Waals surface area contributed by atoms with Crippen LogP contribution in [0, 0.1) is 0 Å². The Morgan fingerprint density at radius 1 is 1.30 bits per heavy atom. The maximum absolute atomic E-state index is 13.9. The summed E-state index contributed by atoms with van der Waals surface area (Å²) in [5.41, 5.74) is 1.72. The number of alkyl halides is 3. The van der Waals surface area contributed by atoms with Gasteiger partial charge in [-0.15, -0.1) is 11.3 Å². The Morgan fingerprint density at radius 3 is 2.86 bits per heavy atom. The van der Waals surface area contributed by atoms with Gasteiger partial charge < -0.3 is 20.3 Å². The molecule has 5 rings (SSSR count). The molecule has 2 N–H and O–H groups in total. The number of fused-ring (bicyclic) bond motifs is 1. The van der Waals surface area contributed by atoms with Gasteiger partial charge in [-0.25, -0.2) is 9.97 Å². The van der Waals surface area contributed by atoms with E-state index in [2.05, 4.69) is 31.6 Å². The minimum Gasteiger partial charge on any atom is -0.375 e. The van der Waals surface area contributed by atoms with Crippen molar-refractivity contribution in [2.45, 2.75) is 43.5 Å². The highest BCUT2D eigenvalue weighted by molar-refractivity contribution is 7.85. The normalized spacial score (nSPS) is 20.1. The summed E-state index contributed by atoms with van der Waals surface area (Å²) >= 11 is 1.13. The zero-order chi connectivity index (χ0) is 26.2. The number of rotatable bonds is 6. The highest BCUT2D eigenvalue weighted by atomic mass is 32.2. The molecular weight excluding hydrogens is 523 g/mol. The summed E-state index contributed by atoms with van der Waals surface area (Å²) in [5, 5.41) is 6.45. The lowest BCUT2D eigenvalue weighted by molar-refractivity contribution is -0.137. The zero-order valence-electron chi connectivity index (χ0n) is 20.5. The van der Waals surface area contributed by atoms with Crippen molar-refractivity contribution >= 4 is 39.5 Å². The summed E-state index contributed by atoms with van der Waals surface area (Å²) in [7, 11) is 0.645. The van der Waals surface area contributed by atoms with E-state index in [1.807, 2.05) is 26.1 Å². The SMILES string of the molecule is CCc1cc(N2CCC(NC)C2)ccc1Nc1ncc(C(F)(F)F)c(-c2cc3c(s2)COCCS3=O)n1. The van der Waals surface area contributed by atoms with Gasteiger partial charge in [0.2, 0.25) is 5.95 Å². The van der Waals surface area contributed by atoms with Crippen LogP contribution >= 0.6 is 11.3 Å². The van der Waals surface area contributed by atoms with Gasteiger partial charge in [-0.1, -0.05) is 6.92 Å². The fourth-order valence-corrected chi connectivity index (χ4v) is 7.14. The Bertz CT molecular complexity index is 1310. The first-order valence-corrected chi connectivity index (χ1v) is 14.3. The lowest BCUT2D eigenvalue weighted by Gasteiger charge is -2.21. The number of aromatic nitrogens is 2. The van der Waals surface area contributed by atoms with E-state index in [-0.39, 0.29) is 18.2 Å². The molecule has 2 atom stereocenters. The number of ether oxygens (including phenoxy) is 1. The molecule has 0 aliphatic carbocycles. The predicted octanol–water partition coefficient (Wildman–Crippen LogP) is 4.97. The van der Waals surface area contributed by atoms with Crippen LogP contribution in [0.15, 0.2) is 35.4 Å². The van der Waals surface area contributed by atoms with Gasteiger partial charge in [0.15, 0.2) is 0 Å². The average Bonchev–Trinajstić information content (AvgIpc) is 3.50. The van der Waals surface area contributed by atoms with Gasteiger partial charge in [0.05, 0.1) is 45.2 Å². The van der Waals surface area contributed by atoms with Crippen LogP contribution in [0.1, 0.15) is 29.3 Å². The Hall–Kier alpha value is -2.54. The topological polar surface area (TPSA) is 79.4 Å². The zero-order valence-corrected chi connectivity index (χ0v) is 22.2. The molecule has 1 aromatic carbocycles. The van der Waals surface area contributed by atoms with Gasteiger partial charge in [-0.2, -0.15) is 13.2 Å². The van der Waals surface area contributed by atoms with Gasteiger partial charge in [-0.05, 0) is 49.7 Å². The van der Waals surface area contributed by atoms with Crippen LogP contribution in [0.3, 0.4) is 0 Å². The minimum absolute atomic E-state index is 0.0721. The first kappa shape index (κ1) is 26.1. The van der Waals surface area contributed by atoms with Crippen LogP contribution in [-0.4, -0.2) is 52.7 Å². The highest BCUT2D eigenvalue weighted by Gasteiger charge is 2.36. The first-order valence-electron chi connectivity index (χ1n) is 12.1. The van der Waals surface area contributed by atoms with Crippen molar-refractivity contribution in [1.29, 1.82) is 0 Å². The van der Waals surface area contributed by atoms with Crippen molar-refractivity contribution in [3.63, 3.8) is 0 Å². The van der Waals surface area contributed by atoms with Gasteiger partial charge >= 0.3 is 6.18 Å². The van der Waals surface area contributed by atoms with Gasteiger partial charge in [0.25, 0.3) is 0 Å². The number of nitrogens with one attached hydrogen (secondary N) is 2. The smallest absolute Gasteiger partial charge is 0.375 e. The summed E-state index contributed by atoms with van der Waals surface area (Å²) in [6.07, 6.45) is -2.02. The van der Waals surface area contributed by atoms with Crippen LogP contribution in [0.5, 0.6) is 0 Å². The number of aryl methyl sites for hydroxylation is 1. The van der Waals surface area contributed by atoms with Gasteiger partial charge in [-0.3, -0.25) is 4.21 Å². The molecule has 12 heteroatoms. The molecule has 0 amide bonds. The first-order chi connectivity index (χ1) is 17.8. The molecule has 2 aliphatic rings. The molecule has 0 bridgehead atoms. The summed E-state index contributed by atoms with van der Waals surface area (Å²) in [6, 6.07) is 8.05. The molecule has 37 heavy (non-hydrogen) atoms. The van der Waals surface area contributed by atoms with Crippen molar-refractivity contribution in [1.82, 2.24) is 15.3 Å². The number of thiophene rings is 1. The molecule has 2 unspecified atom stereocenters. The number of halogens is 3. The molecule has 1 saturated heterocycles. The molecular formula is C25H28F3N5O2S2. The van der Waals surface area contributed by atoms with Crippen LogP contribution < -0.4 is 15.5 Å². The monoisotopic (exact) mass is 551 g/mol. The molecule has 4 heterocycles. The van der Waals surface area contributed by atoms with Crippen LogP contribution in [0.4, 0.5) is 30.5 Å². The number of likely N-dealkylation sites (N-methyl/N-ethyl adjacent to an activating group) is 1. The molecule has 0 saturated carbocycles. The van der Waals surface area contributed by atoms with E-state index in [1.165, 1.54) is 0 Å². The molecule has 0 spiro atoms. The number of anilines is 3. The van der Waals surface area contributed by atoms with Crippen molar-refractivity contribution in [2.24, 2.45) is 0 Å². The maximum atomic E-state index is 13.9. The standard InChI is InChI=1S/C25H28F3N5O2S2/c1-3-15-10-17(33-7-6-16(13-33)29-2)4-5-19(15)31-24-30-12-18(25(26,27)28)23(32-24)20-11-22-21(36-20)14-35-8-9-37(22)34/h4-5,10-12,16,29H,3,6-9,13-14H2,1-2H3,(H,30,31,32). The van der Waals surface area contributed by atoms with E-state index in [1.54, 1.807) is 6.07 Å². The summed E-state index contributed by atoms with van der Waals surface area (Å²) in [4.78, 5) is 12.1. The van der Waals surface area contributed by atoms with E-state index in [9.17, 15) is 17.4 Å². The molecule has 0 radical (unpaired) electrons. The second-order valence-corrected chi connectivity index (χ2v) is 11.7. The van der Waals surface area contributed by atoms with E-state index >= 15 is 0 Å². The Kier molecular flexibility index (Phi) is 7.53. The molecule has 1 fully saturated rings. The van der Waals surface area contributed by atoms with Crippen molar-refractivity contribution in [3.05, 3.63) is 46.5 Å².